The number of nitrogens with one attached hydrogen (secondary N) is 1. The van der Waals surface area contributed by atoms with E-state index in [9.17, 15) is 9.59 Å². The summed E-state index contributed by atoms with van der Waals surface area (Å²) in [7, 11) is 0. The van der Waals surface area contributed by atoms with Crippen LogP contribution < -0.4 is 28.1 Å². The summed E-state index contributed by atoms with van der Waals surface area (Å²) >= 11 is 0. The van der Waals surface area contributed by atoms with E-state index in [2.05, 4.69) is 10.9 Å². The summed E-state index contributed by atoms with van der Waals surface area (Å²) in [6.07, 6.45) is 5.03. The van der Waals surface area contributed by atoms with Crippen LogP contribution in [-0.2, 0) is 9.59 Å². The van der Waals surface area contributed by atoms with Crippen LogP contribution in [0.25, 0.3) is 0 Å². The Morgan fingerprint density at radius 1 is 1.00 bits per heavy atom. The van der Waals surface area contributed by atoms with Crippen LogP contribution in [0, 0.1) is 0 Å². The van der Waals surface area contributed by atoms with Crippen LogP contribution in [-0.4, -0.2) is 30.9 Å². The summed E-state index contributed by atoms with van der Waals surface area (Å²) in [5.74, 6) is -0.758. The number of nitrogens with two attached hydrogens (primary N) is 3. The van der Waals surface area contributed by atoms with Crippen molar-refractivity contribution in [3.8, 4) is 0 Å². The summed E-state index contributed by atoms with van der Waals surface area (Å²) in [5.41, 5.74) is 22.0. The lowest BCUT2D eigenvalue weighted by atomic mass is 10.1. The Labute approximate surface area is 114 Å². The predicted molar refractivity (Wildman–Crippen MR) is 73.7 cm³/mol. The molecule has 1 radical (unpaired) electrons. The molecule has 0 aliphatic rings. The zero-order valence-electron chi connectivity index (χ0n) is 11.4. The topological polar surface area (TPSA) is 138 Å². The van der Waals surface area contributed by atoms with Crippen LogP contribution in [0.5, 0.6) is 0 Å². The van der Waals surface area contributed by atoms with Crippen molar-refractivity contribution in [1.82, 2.24) is 10.9 Å². The number of carbonyl (C=O) groups is 2. The second kappa shape index (κ2) is 11.9. The largest absolute Gasteiger partial charge is 0.330 e. The van der Waals surface area contributed by atoms with Gasteiger partial charge in [0.15, 0.2) is 0 Å². The Morgan fingerprint density at radius 3 is 2.26 bits per heavy atom. The number of amides is 2. The highest BCUT2D eigenvalue weighted by Gasteiger charge is 2.15. The molecule has 1 unspecified atom stereocenters. The maximum atomic E-state index is 11.5. The van der Waals surface area contributed by atoms with Crippen LogP contribution in [0.15, 0.2) is 0 Å². The van der Waals surface area contributed by atoms with Gasteiger partial charge in [-0.05, 0) is 38.8 Å². The van der Waals surface area contributed by atoms with E-state index in [1.807, 2.05) is 0 Å². The molecule has 0 spiro atoms. The Morgan fingerprint density at radius 2 is 1.63 bits per heavy atom. The van der Waals surface area contributed by atoms with Gasteiger partial charge in [-0.15, -0.1) is 5.43 Å². The minimum absolute atomic E-state index is 0.264. The molecule has 7 N–H and O–H groups in total. The summed E-state index contributed by atoms with van der Waals surface area (Å²) in [6, 6.07) is -0.663. The second-order valence-corrected chi connectivity index (χ2v) is 4.48. The van der Waals surface area contributed by atoms with Gasteiger partial charge >= 0.3 is 0 Å². The first-order valence-corrected chi connectivity index (χ1v) is 6.81. The maximum absolute atomic E-state index is 11.5. The Kier molecular flexibility index (Phi) is 11.1. The molecule has 0 aromatic heterocycles. The number of carbonyl (C=O) groups excluding carboxylic acids is 2. The van der Waals surface area contributed by atoms with E-state index in [4.69, 9.17) is 17.2 Å². The third-order valence-electron chi connectivity index (χ3n) is 2.69. The number of unbranched alkanes of at least 4 members (excludes halogenated alkanes) is 3. The fourth-order valence-electron chi connectivity index (χ4n) is 1.49. The number of rotatable bonds is 10. The molecular formula is C12H26N5O2. The molecular weight excluding hydrogens is 246 g/mol. The van der Waals surface area contributed by atoms with Crippen LogP contribution >= 0.6 is 0 Å². The summed E-state index contributed by atoms with van der Waals surface area (Å²) in [5, 5.41) is 0. The standard InChI is InChI=1S/C12H26N5O2/c13-8-4-1-2-7-11(18)16-17-12(19)10(15)6-3-5-9-14/h10H,1-9,13-15H2,(H,16,18). The molecule has 0 heterocycles. The third kappa shape index (κ3) is 10.4. The molecule has 0 bridgehead atoms. The molecule has 0 aliphatic heterocycles. The minimum atomic E-state index is -0.663. The van der Waals surface area contributed by atoms with E-state index < -0.39 is 11.9 Å². The molecule has 7 heteroatoms. The highest BCUT2D eigenvalue weighted by atomic mass is 16.2. The van der Waals surface area contributed by atoms with Crippen molar-refractivity contribution in [2.75, 3.05) is 13.1 Å². The van der Waals surface area contributed by atoms with Gasteiger partial charge in [-0.25, -0.2) is 5.43 Å². The first-order chi connectivity index (χ1) is 9.11. The van der Waals surface area contributed by atoms with E-state index in [0.29, 0.717) is 25.9 Å². The number of hydrogen-bond acceptors (Lipinski definition) is 5. The van der Waals surface area contributed by atoms with Crippen molar-refractivity contribution >= 4 is 11.8 Å². The fraction of sp³-hybridized carbons (Fsp3) is 0.833. The van der Waals surface area contributed by atoms with Crippen LogP contribution in [0.1, 0.15) is 44.9 Å². The highest BCUT2D eigenvalue weighted by molar-refractivity contribution is 5.84. The number of nitrogens with zero attached hydrogens (tertiary/aromatic N) is 1. The number of hydrogen-bond donors (Lipinski definition) is 4. The normalized spacial score (nSPS) is 11.9. The van der Waals surface area contributed by atoms with Crippen LogP contribution in [0.3, 0.4) is 0 Å². The molecule has 0 saturated carbocycles. The molecule has 0 aromatic rings. The van der Waals surface area contributed by atoms with Crippen molar-refractivity contribution in [3.05, 3.63) is 0 Å². The average molecular weight is 272 g/mol. The van der Waals surface area contributed by atoms with Gasteiger partial charge in [0, 0.05) is 6.42 Å². The van der Waals surface area contributed by atoms with E-state index in [0.717, 1.165) is 32.1 Å². The summed E-state index contributed by atoms with van der Waals surface area (Å²) in [4.78, 5) is 22.8. The second-order valence-electron chi connectivity index (χ2n) is 4.48. The zero-order valence-corrected chi connectivity index (χ0v) is 11.4. The van der Waals surface area contributed by atoms with Crippen molar-refractivity contribution < 1.29 is 9.59 Å². The molecule has 19 heavy (non-hydrogen) atoms. The molecule has 0 fully saturated rings. The zero-order chi connectivity index (χ0) is 14.5. The molecule has 7 nitrogen and oxygen atoms in total. The summed E-state index contributed by atoms with van der Waals surface area (Å²) in [6.45, 7) is 1.21. The molecule has 0 aliphatic carbocycles. The first kappa shape index (κ1) is 17.8. The molecule has 0 rings (SSSR count). The molecule has 0 aromatic carbocycles. The average Bonchev–Trinajstić information content (AvgIpc) is 2.41. The monoisotopic (exact) mass is 272 g/mol. The van der Waals surface area contributed by atoms with E-state index in [-0.39, 0.29) is 5.91 Å². The van der Waals surface area contributed by atoms with Crippen LogP contribution in [0.2, 0.25) is 0 Å². The Balaban J connectivity index is 3.62. The van der Waals surface area contributed by atoms with Crippen molar-refractivity contribution in [2.45, 2.75) is 51.0 Å². The molecule has 0 saturated heterocycles. The van der Waals surface area contributed by atoms with Gasteiger partial charge in [-0.1, -0.05) is 12.8 Å². The minimum Gasteiger partial charge on any atom is -0.330 e. The lowest BCUT2D eigenvalue weighted by molar-refractivity contribution is -0.130. The maximum Gasteiger partial charge on any atom is 0.279 e. The van der Waals surface area contributed by atoms with Gasteiger partial charge in [0.05, 0.1) is 6.04 Å². The van der Waals surface area contributed by atoms with Crippen molar-refractivity contribution in [1.29, 1.82) is 0 Å². The Bertz CT molecular complexity index is 261. The van der Waals surface area contributed by atoms with Crippen molar-refractivity contribution in [2.24, 2.45) is 17.2 Å². The first-order valence-electron chi connectivity index (χ1n) is 6.81. The van der Waals surface area contributed by atoms with E-state index in [1.165, 1.54) is 0 Å². The lowest BCUT2D eigenvalue weighted by Crippen LogP contribution is -2.44. The smallest absolute Gasteiger partial charge is 0.279 e. The summed E-state index contributed by atoms with van der Waals surface area (Å²) < 4.78 is 0. The van der Waals surface area contributed by atoms with Gasteiger partial charge in [0.2, 0.25) is 5.91 Å². The Hall–Kier alpha value is -1.18. The third-order valence-corrected chi connectivity index (χ3v) is 2.69. The van der Waals surface area contributed by atoms with Gasteiger partial charge < -0.3 is 17.2 Å². The SMILES string of the molecule is NCCCCCC(=O)N[N]C(=O)C(N)CCCCN. The fourth-order valence-corrected chi connectivity index (χ4v) is 1.49. The lowest BCUT2D eigenvalue weighted by Gasteiger charge is -2.10. The van der Waals surface area contributed by atoms with Gasteiger partial charge in [0.1, 0.15) is 0 Å². The molecule has 111 valence electrons. The highest BCUT2D eigenvalue weighted by Crippen LogP contribution is 1.99. The molecule has 2 amide bonds. The van der Waals surface area contributed by atoms with E-state index >= 15 is 0 Å². The van der Waals surface area contributed by atoms with E-state index in [1.54, 1.807) is 0 Å². The van der Waals surface area contributed by atoms with Gasteiger partial charge in [-0.3, -0.25) is 9.59 Å². The van der Waals surface area contributed by atoms with Gasteiger partial charge in [0.25, 0.3) is 5.91 Å². The van der Waals surface area contributed by atoms with Crippen molar-refractivity contribution in [3.63, 3.8) is 0 Å². The molecule has 1 atom stereocenters. The van der Waals surface area contributed by atoms with Crippen LogP contribution in [0.4, 0.5) is 0 Å². The predicted octanol–water partition coefficient (Wildman–Crippen LogP) is -0.876. The van der Waals surface area contributed by atoms with Gasteiger partial charge in [-0.2, -0.15) is 0 Å². The quantitative estimate of drug-likeness (QED) is 0.302.